The van der Waals surface area contributed by atoms with Gasteiger partial charge in [-0.15, -0.1) is 0 Å². The summed E-state index contributed by atoms with van der Waals surface area (Å²) in [5, 5.41) is 13.2. The molecule has 12 heteroatoms. The fourth-order valence-electron chi connectivity index (χ4n) is 2.49. The zero-order valence-corrected chi connectivity index (χ0v) is 16.5. The van der Waals surface area contributed by atoms with Crippen LogP contribution in [0.3, 0.4) is 0 Å². The fourth-order valence-corrected chi connectivity index (χ4v) is 2.49. The molecule has 7 nitrogen and oxygen atoms in total. The summed E-state index contributed by atoms with van der Waals surface area (Å²) in [6, 6.07) is 3.03. The SMILES string of the molecule is COc1ccc(C(N)C(=O)N[C@@H](C(C)C)C(O)C(F)(F)C(=O)NCC(F)(F)F)cc1. The van der Waals surface area contributed by atoms with Crippen LogP contribution in [0.4, 0.5) is 22.0 Å². The third kappa shape index (κ3) is 6.80. The first-order valence-corrected chi connectivity index (χ1v) is 8.81. The first kappa shape index (κ1) is 25.6. The predicted molar refractivity (Wildman–Crippen MR) is 96.7 cm³/mol. The van der Waals surface area contributed by atoms with Gasteiger partial charge < -0.3 is 26.2 Å². The first-order valence-electron chi connectivity index (χ1n) is 8.81. The molecule has 1 aromatic rings. The summed E-state index contributed by atoms with van der Waals surface area (Å²) >= 11 is 0. The lowest BCUT2D eigenvalue weighted by Gasteiger charge is -2.32. The van der Waals surface area contributed by atoms with Crippen molar-refractivity contribution in [2.75, 3.05) is 13.7 Å². The Kier molecular flexibility index (Phi) is 8.54. The third-order valence-electron chi connectivity index (χ3n) is 4.25. The Morgan fingerprint density at radius 1 is 1.13 bits per heavy atom. The molecule has 1 rings (SSSR count). The molecule has 0 fully saturated rings. The van der Waals surface area contributed by atoms with Gasteiger partial charge in [0.05, 0.1) is 13.2 Å². The second-order valence-corrected chi connectivity index (χ2v) is 6.89. The van der Waals surface area contributed by atoms with E-state index in [0.29, 0.717) is 11.3 Å². The number of alkyl halides is 5. The van der Waals surface area contributed by atoms with Gasteiger partial charge in [0.1, 0.15) is 24.4 Å². The number of amides is 2. The van der Waals surface area contributed by atoms with Crippen LogP contribution in [-0.2, 0) is 9.59 Å². The summed E-state index contributed by atoms with van der Waals surface area (Å²) in [5.74, 6) is -8.16. The van der Waals surface area contributed by atoms with Crippen LogP contribution >= 0.6 is 0 Å². The highest BCUT2D eigenvalue weighted by atomic mass is 19.4. The maximum absolute atomic E-state index is 14.2. The highest BCUT2D eigenvalue weighted by Gasteiger charge is 2.51. The highest BCUT2D eigenvalue weighted by molar-refractivity contribution is 5.85. The number of carbonyl (C=O) groups is 2. The number of methoxy groups -OCH3 is 1. The van der Waals surface area contributed by atoms with Crippen molar-refractivity contribution in [3.8, 4) is 5.75 Å². The van der Waals surface area contributed by atoms with Crippen LogP contribution in [0, 0.1) is 5.92 Å². The molecule has 0 aliphatic rings. The van der Waals surface area contributed by atoms with Gasteiger partial charge in [-0.05, 0) is 23.6 Å². The van der Waals surface area contributed by atoms with Crippen LogP contribution in [0.1, 0.15) is 25.5 Å². The van der Waals surface area contributed by atoms with E-state index in [0.717, 1.165) is 5.32 Å². The molecule has 30 heavy (non-hydrogen) atoms. The summed E-state index contributed by atoms with van der Waals surface area (Å²) < 4.78 is 69.9. The van der Waals surface area contributed by atoms with E-state index in [1.54, 1.807) is 0 Å². The predicted octanol–water partition coefficient (Wildman–Crippen LogP) is 1.51. The second-order valence-electron chi connectivity index (χ2n) is 6.89. The first-order chi connectivity index (χ1) is 13.7. The van der Waals surface area contributed by atoms with Gasteiger partial charge in [0, 0.05) is 0 Å². The van der Waals surface area contributed by atoms with Gasteiger partial charge in [0.15, 0.2) is 0 Å². The van der Waals surface area contributed by atoms with Gasteiger partial charge in [0.2, 0.25) is 5.91 Å². The van der Waals surface area contributed by atoms with E-state index in [9.17, 15) is 36.6 Å². The molecule has 5 N–H and O–H groups in total. The summed E-state index contributed by atoms with van der Waals surface area (Å²) in [5.41, 5.74) is 6.14. The van der Waals surface area contributed by atoms with E-state index >= 15 is 0 Å². The van der Waals surface area contributed by atoms with Crippen molar-refractivity contribution in [3.63, 3.8) is 0 Å². The van der Waals surface area contributed by atoms with Crippen LogP contribution in [0.2, 0.25) is 0 Å². The van der Waals surface area contributed by atoms with E-state index in [1.165, 1.54) is 45.2 Å². The van der Waals surface area contributed by atoms with Gasteiger partial charge in [-0.25, -0.2) is 0 Å². The lowest BCUT2D eigenvalue weighted by atomic mass is 9.93. The number of aliphatic hydroxyl groups is 1. The average Bonchev–Trinajstić information content (AvgIpc) is 2.67. The number of halogens is 5. The van der Waals surface area contributed by atoms with Crippen molar-refractivity contribution in [3.05, 3.63) is 29.8 Å². The molecule has 2 unspecified atom stereocenters. The quantitative estimate of drug-likeness (QED) is 0.434. The summed E-state index contributed by atoms with van der Waals surface area (Å²) in [6.07, 6.45) is -7.70. The van der Waals surface area contributed by atoms with Crippen molar-refractivity contribution in [2.45, 2.75) is 44.1 Å². The molecule has 3 atom stereocenters. The number of nitrogens with one attached hydrogen (secondary N) is 2. The standard InChI is InChI=1S/C18H24F5N3O4/c1-9(2)13(14(27)18(22,23)16(29)25-8-17(19,20)21)26-15(28)12(24)10-4-6-11(30-3)7-5-10/h4-7,9,12-14,27H,8,24H2,1-3H3,(H,25,29)(H,26,28)/t12?,13-,14?/m0/s1. The minimum atomic E-state index is -4.91. The van der Waals surface area contributed by atoms with Crippen LogP contribution in [0.5, 0.6) is 5.75 Å². The summed E-state index contributed by atoms with van der Waals surface area (Å²) in [6.45, 7) is 0.753. The number of carbonyl (C=O) groups excluding carboxylic acids is 2. The fraction of sp³-hybridized carbons (Fsp3) is 0.556. The number of hydrogen-bond donors (Lipinski definition) is 4. The van der Waals surface area contributed by atoms with E-state index < -0.39 is 54.6 Å². The highest BCUT2D eigenvalue weighted by Crippen LogP contribution is 2.26. The smallest absolute Gasteiger partial charge is 0.405 e. The van der Waals surface area contributed by atoms with Crippen LogP contribution in [0.25, 0.3) is 0 Å². The topological polar surface area (TPSA) is 114 Å². The maximum atomic E-state index is 14.2. The molecule has 0 radical (unpaired) electrons. The molecule has 0 aromatic heterocycles. The maximum Gasteiger partial charge on any atom is 0.405 e. The summed E-state index contributed by atoms with van der Waals surface area (Å²) in [4.78, 5) is 23.9. The van der Waals surface area contributed by atoms with Gasteiger partial charge in [0.25, 0.3) is 5.91 Å². The molecular formula is C18H24F5N3O4. The zero-order valence-electron chi connectivity index (χ0n) is 16.5. The summed E-state index contributed by atoms with van der Waals surface area (Å²) in [7, 11) is 1.43. The van der Waals surface area contributed by atoms with Crippen LogP contribution < -0.4 is 21.1 Å². The Hall–Kier alpha value is -2.47. The van der Waals surface area contributed by atoms with Gasteiger partial charge >= 0.3 is 12.1 Å². The van der Waals surface area contributed by atoms with E-state index in [1.807, 2.05) is 0 Å². The lowest BCUT2D eigenvalue weighted by molar-refractivity contribution is -0.174. The molecular weight excluding hydrogens is 417 g/mol. The number of hydrogen-bond acceptors (Lipinski definition) is 5. The van der Waals surface area contributed by atoms with Gasteiger partial charge in [-0.1, -0.05) is 26.0 Å². The number of rotatable bonds is 9. The molecule has 0 aliphatic carbocycles. The molecule has 0 aliphatic heterocycles. The number of benzene rings is 1. The molecule has 170 valence electrons. The molecule has 2 amide bonds. The number of ether oxygens (including phenoxy) is 1. The number of nitrogens with two attached hydrogens (primary N) is 1. The Bertz CT molecular complexity index is 726. The van der Waals surface area contributed by atoms with Crippen molar-refractivity contribution in [1.82, 2.24) is 10.6 Å². The second kappa shape index (κ2) is 10.0. The Morgan fingerprint density at radius 2 is 1.67 bits per heavy atom. The largest absolute Gasteiger partial charge is 0.497 e. The van der Waals surface area contributed by atoms with Crippen molar-refractivity contribution < 1.29 is 41.4 Å². The van der Waals surface area contributed by atoms with E-state index in [2.05, 4.69) is 5.32 Å². The average molecular weight is 441 g/mol. The Morgan fingerprint density at radius 3 is 2.10 bits per heavy atom. The van der Waals surface area contributed by atoms with E-state index in [4.69, 9.17) is 10.5 Å². The zero-order chi connectivity index (χ0) is 23.3. The molecule has 0 spiro atoms. The third-order valence-corrected chi connectivity index (χ3v) is 4.25. The lowest BCUT2D eigenvalue weighted by Crippen LogP contribution is -2.60. The molecule has 0 bridgehead atoms. The Labute approximate surface area is 169 Å². The van der Waals surface area contributed by atoms with Crippen LogP contribution in [-0.4, -0.2) is 54.8 Å². The normalized spacial score (nSPS) is 15.3. The molecule has 1 aromatic carbocycles. The minimum absolute atomic E-state index is 0.319. The molecule has 0 saturated heterocycles. The van der Waals surface area contributed by atoms with Crippen molar-refractivity contribution in [2.24, 2.45) is 11.7 Å². The van der Waals surface area contributed by atoms with Gasteiger partial charge in [-0.2, -0.15) is 22.0 Å². The van der Waals surface area contributed by atoms with Crippen molar-refractivity contribution in [1.29, 1.82) is 0 Å². The molecule has 0 saturated carbocycles. The van der Waals surface area contributed by atoms with Crippen molar-refractivity contribution >= 4 is 11.8 Å². The van der Waals surface area contributed by atoms with Crippen LogP contribution in [0.15, 0.2) is 24.3 Å². The molecule has 0 heterocycles. The minimum Gasteiger partial charge on any atom is -0.497 e. The monoisotopic (exact) mass is 441 g/mol. The van der Waals surface area contributed by atoms with E-state index in [-0.39, 0.29) is 0 Å². The van der Waals surface area contributed by atoms with Gasteiger partial charge in [-0.3, -0.25) is 9.59 Å². The Balaban J connectivity index is 2.93. The number of aliphatic hydroxyl groups excluding tert-OH is 1.